The van der Waals surface area contributed by atoms with E-state index in [1.807, 2.05) is 17.5 Å². The van der Waals surface area contributed by atoms with Gasteiger partial charge in [-0.1, -0.05) is 41.4 Å². The molecule has 4 atom stereocenters. The van der Waals surface area contributed by atoms with Crippen LogP contribution in [-0.2, 0) is 9.59 Å². The largest absolute Gasteiger partial charge is 0.481 e. The topological polar surface area (TPSA) is 79.3 Å². The second-order valence-electron chi connectivity index (χ2n) is 6.49. The van der Waals surface area contributed by atoms with Crippen LogP contribution < -0.4 is 5.32 Å². The third kappa shape index (κ3) is 3.02. The molecule has 0 aliphatic heterocycles. The molecule has 0 saturated heterocycles. The van der Waals surface area contributed by atoms with Crippen molar-refractivity contribution in [2.75, 3.05) is 5.32 Å². The van der Waals surface area contributed by atoms with Gasteiger partial charge in [-0.05, 0) is 30.4 Å². The van der Waals surface area contributed by atoms with E-state index in [1.165, 1.54) is 11.3 Å². The highest BCUT2D eigenvalue weighted by molar-refractivity contribution is 7.14. The van der Waals surface area contributed by atoms with Crippen LogP contribution in [0.3, 0.4) is 0 Å². The minimum absolute atomic E-state index is 0.0180. The Balaban J connectivity index is 1.52. The van der Waals surface area contributed by atoms with Crippen LogP contribution in [-0.4, -0.2) is 22.0 Å². The normalized spacial score (nSPS) is 26.2. The van der Waals surface area contributed by atoms with E-state index in [4.69, 9.17) is 23.2 Å². The van der Waals surface area contributed by atoms with Gasteiger partial charge in [-0.25, -0.2) is 4.98 Å². The summed E-state index contributed by atoms with van der Waals surface area (Å²) in [6.07, 6.45) is 4.60. The third-order valence-corrected chi connectivity index (χ3v) is 6.49. The molecule has 2 bridgehead atoms. The Labute approximate surface area is 163 Å². The number of aliphatic carboxylic acids is 1. The number of fused-ring (bicyclic) bond motifs is 2. The SMILES string of the molecule is O=C(O)[C@@H]1[C@@H](C(=O)Nc2nc(-c3ccc(Cl)c(Cl)c3)cs2)[C@H]2C=C[C@@H]1C2. The van der Waals surface area contributed by atoms with Crippen molar-refractivity contribution in [2.24, 2.45) is 23.7 Å². The van der Waals surface area contributed by atoms with Crippen LogP contribution in [0.15, 0.2) is 35.7 Å². The van der Waals surface area contributed by atoms with Gasteiger partial charge < -0.3 is 10.4 Å². The van der Waals surface area contributed by atoms with Crippen molar-refractivity contribution >= 4 is 51.5 Å². The van der Waals surface area contributed by atoms with Crippen molar-refractivity contribution in [1.29, 1.82) is 0 Å². The van der Waals surface area contributed by atoms with E-state index in [0.717, 1.165) is 12.0 Å². The van der Waals surface area contributed by atoms with Gasteiger partial charge in [0.25, 0.3) is 0 Å². The molecular formula is C18H14Cl2N2O3S. The number of anilines is 1. The number of hydrogen-bond donors (Lipinski definition) is 2. The molecular weight excluding hydrogens is 395 g/mol. The predicted molar refractivity (Wildman–Crippen MR) is 102 cm³/mol. The lowest BCUT2D eigenvalue weighted by Crippen LogP contribution is -2.36. The number of halogens is 2. The van der Waals surface area contributed by atoms with E-state index < -0.39 is 17.8 Å². The van der Waals surface area contributed by atoms with E-state index in [2.05, 4.69) is 10.3 Å². The molecule has 1 fully saturated rings. The van der Waals surface area contributed by atoms with Gasteiger partial charge in [-0.2, -0.15) is 0 Å². The Hall–Kier alpha value is -1.89. The summed E-state index contributed by atoms with van der Waals surface area (Å²) in [7, 11) is 0. The summed E-state index contributed by atoms with van der Waals surface area (Å²) in [5, 5.41) is 15.4. The molecule has 4 rings (SSSR count). The molecule has 0 unspecified atom stereocenters. The number of carbonyl (C=O) groups excluding carboxylic acids is 1. The number of thiazole rings is 1. The van der Waals surface area contributed by atoms with Crippen LogP contribution in [0.5, 0.6) is 0 Å². The van der Waals surface area contributed by atoms with Gasteiger partial charge in [-0.3, -0.25) is 9.59 Å². The van der Waals surface area contributed by atoms with Crippen LogP contribution in [0.4, 0.5) is 5.13 Å². The molecule has 2 aromatic rings. The number of amides is 1. The first-order valence-corrected chi connectivity index (χ1v) is 9.70. The van der Waals surface area contributed by atoms with Crippen LogP contribution in [0.1, 0.15) is 6.42 Å². The molecule has 2 aliphatic carbocycles. The van der Waals surface area contributed by atoms with Crippen molar-refractivity contribution < 1.29 is 14.7 Å². The van der Waals surface area contributed by atoms with Crippen molar-refractivity contribution in [3.05, 3.63) is 45.8 Å². The van der Waals surface area contributed by atoms with Crippen molar-refractivity contribution in [1.82, 2.24) is 4.98 Å². The molecule has 5 nitrogen and oxygen atoms in total. The number of nitrogens with one attached hydrogen (secondary N) is 1. The number of nitrogens with zero attached hydrogens (tertiary/aromatic N) is 1. The first-order valence-electron chi connectivity index (χ1n) is 8.07. The summed E-state index contributed by atoms with van der Waals surface area (Å²) in [5.41, 5.74) is 1.47. The number of carbonyl (C=O) groups is 2. The van der Waals surface area contributed by atoms with Gasteiger partial charge in [0.1, 0.15) is 0 Å². The molecule has 1 aromatic heterocycles. The fourth-order valence-electron chi connectivity index (χ4n) is 3.82. The van der Waals surface area contributed by atoms with E-state index in [0.29, 0.717) is 20.9 Å². The maximum absolute atomic E-state index is 12.7. The average molecular weight is 409 g/mol. The van der Waals surface area contributed by atoms with E-state index in [9.17, 15) is 14.7 Å². The number of hydrogen-bond acceptors (Lipinski definition) is 4. The number of rotatable bonds is 4. The van der Waals surface area contributed by atoms with Crippen LogP contribution in [0, 0.1) is 23.7 Å². The van der Waals surface area contributed by atoms with Crippen molar-refractivity contribution in [3.63, 3.8) is 0 Å². The summed E-state index contributed by atoms with van der Waals surface area (Å²) < 4.78 is 0. The maximum Gasteiger partial charge on any atom is 0.307 e. The molecule has 0 spiro atoms. The zero-order valence-corrected chi connectivity index (χ0v) is 15.7. The molecule has 1 amide bonds. The predicted octanol–water partition coefficient (Wildman–Crippen LogP) is 4.58. The van der Waals surface area contributed by atoms with Gasteiger partial charge in [0, 0.05) is 10.9 Å². The highest BCUT2D eigenvalue weighted by atomic mass is 35.5. The van der Waals surface area contributed by atoms with Crippen LogP contribution in [0.25, 0.3) is 11.3 Å². The Bertz CT molecular complexity index is 927. The second kappa shape index (κ2) is 6.68. The lowest BCUT2D eigenvalue weighted by Gasteiger charge is -2.23. The van der Waals surface area contributed by atoms with Crippen LogP contribution >= 0.6 is 34.5 Å². The quantitative estimate of drug-likeness (QED) is 0.725. The van der Waals surface area contributed by atoms with Crippen LogP contribution in [0.2, 0.25) is 10.0 Å². The minimum Gasteiger partial charge on any atom is -0.481 e. The molecule has 1 saturated carbocycles. The van der Waals surface area contributed by atoms with Gasteiger partial charge in [0.15, 0.2) is 5.13 Å². The van der Waals surface area contributed by atoms with Crippen molar-refractivity contribution in [2.45, 2.75) is 6.42 Å². The first-order chi connectivity index (χ1) is 12.4. The van der Waals surface area contributed by atoms with Gasteiger partial charge in [-0.15, -0.1) is 11.3 Å². The minimum atomic E-state index is -0.919. The van der Waals surface area contributed by atoms with Gasteiger partial charge in [0.05, 0.1) is 27.6 Å². The van der Waals surface area contributed by atoms with Crippen molar-refractivity contribution in [3.8, 4) is 11.3 Å². The first kappa shape index (κ1) is 17.5. The van der Waals surface area contributed by atoms with E-state index in [1.54, 1.807) is 18.2 Å². The Kier molecular flexibility index (Phi) is 4.50. The van der Waals surface area contributed by atoms with Gasteiger partial charge in [0.2, 0.25) is 5.91 Å². The average Bonchev–Trinajstić information content (AvgIpc) is 3.32. The summed E-state index contributed by atoms with van der Waals surface area (Å²) >= 11 is 13.2. The standard InChI is InChI=1S/C18H14Cl2N2O3S/c19-11-4-3-8(6-12(11)20)13-7-26-18(21-13)22-16(23)14-9-1-2-10(5-9)15(14)17(24)25/h1-4,6-7,9-10,14-15H,5H2,(H,24,25)(H,21,22,23)/t9-,10+,14-,15-/m0/s1. The summed E-state index contributed by atoms with van der Waals surface area (Å²) in [6, 6.07) is 5.21. The van der Waals surface area contributed by atoms with E-state index >= 15 is 0 Å². The zero-order chi connectivity index (χ0) is 18.4. The Morgan fingerprint density at radius 3 is 2.58 bits per heavy atom. The second-order valence-corrected chi connectivity index (χ2v) is 8.17. The highest BCUT2D eigenvalue weighted by Gasteiger charge is 2.51. The summed E-state index contributed by atoms with van der Waals surface area (Å²) in [6.45, 7) is 0. The Morgan fingerprint density at radius 1 is 1.15 bits per heavy atom. The fourth-order valence-corrected chi connectivity index (χ4v) is 4.84. The number of carboxylic acids is 1. The Morgan fingerprint density at radius 2 is 1.88 bits per heavy atom. The maximum atomic E-state index is 12.7. The molecule has 26 heavy (non-hydrogen) atoms. The lowest BCUT2D eigenvalue weighted by molar-refractivity contribution is -0.146. The van der Waals surface area contributed by atoms with Gasteiger partial charge >= 0.3 is 5.97 Å². The molecule has 134 valence electrons. The fraction of sp³-hybridized carbons (Fsp3) is 0.278. The van der Waals surface area contributed by atoms with E-state index in [-0.39, 0.29) is 17.7 Å². The monoisotopic (exact) mass is 408 g/mol. The molecule has 1 aromatic carbocycles. The third-order valence-electron chi connectivity index (χ3n) is 5.00. The molecule has 2 aliphatic rings. The number of benzene rings is 1. The molecule has 0 radical (unpaired) electrons. The number of allylic oxidation sites excluding steroid dienone is 2. The zero-order valence-electron chi connectivity index (χ0n) is 13.4. The highest BCUT2D eigenvalue weighted by Crippen LogP contribution is 2.48. The molecule has 1 heterocycles. The molecule has 8 heteroatoms. The number of carboxylic acid groups (broad SMARTS) is 1. The molecule has 2 N–H and O–H groups in total. The summed E-state index contributed by atoms with van der Waals surface area (Å²) in [4.78, 5) is 28.7. The smallest absolute Gasteiger partial charge is 0.307 e. The lowest BCUT2D eigenvalue weighted by atomic mass is 9.82. The summed E-state index contributed by atoms with van der Waals surface area (Å²) in [5.74, 6) is -2.51. The number of aromatic nitrogens is 1.